The Kier molecular flexibility index (Phi) is 1.14. The quantitative estimate of drug-likeness (QED) is 0.517. The van der Waals surface area contributed by atoms with E-state index in [1.807, 2.05) is 6.92 Å². The SMILES string of the molecule is CC1=C[C@H]2[C@@H](CC1=O)C2(C)C. The maximum absolute atomic E-state index is 11.3. The summed E-state index contributed by atoms with van der Waals surface area (Å²) in [7, 11) is 0. The van der Waals surface area contributed by atoms with Gasteiger partial charge in [0.25, 0.3) is 0 Å². The van der Waals surface area contributed by atoms with Gasteiger partial charge in [-0.05, 0) is 29.7 Å². The summed E-state index contributed by atoms with van der Waals surface area (Å²) in [5, 5.41) is 0. The van der Waals surface area contributed by atoms with Crippen molar-refractivity contribution in [3.63, 3.8) is 0 Å². The molecule has 1 fully saturated rings. The molecule has 0 bridgehead atoms. The number of ketones is 1. The van der Waals surface area contributed by atoms with Crippen LogP contribution in [0.2, 0.25) is 0 Å². The fraction of sp³-hybridized carbons (Fsp3) is 0.700. The van der Waals surface area contributed by atoms with Crippen LogP contribution in [-0.2, 0) is 4.79 Å². The van der Waals surface area contributed by atoms with Crippen LogP contribution >= 0.6 is 0 Å². The van der Waals surface area contributed by atoms with E-state index in [0.717, 1.165) is 12.0 Å². The smallest absolute Gasteiger partial charge is 0.158 e. The average Bonchev–Trinajstić information content (AvgIpc) is 2.39. The number of hydrogen-bond acceptors (Lipinski definition) is 1. The molecule has 2 atom stereocenters. The normalized spacial score (nSPS) is 39.5. The van der Waals surface area contributed by atoms with E-state index in [4.69, 9.17) is 0 Å². The topological polar surface area (TPSA) is 17.1 Å². The molecule has 0 N–H and O–H groups in total. The minimum Gasteiger partial charge on any atom is -0.295 e. The minimum absolute atomic E-state index is 0.358. The molecule has 60 valence electrons. The zero-order valence-electron chi connectivity index (χ0n) is 7.35. The van der Waals surface area contributed by atoms with Gasteiger partial charge in [0.15, 0.2) is 5.78 Å². The lowest BCUT2D eigenvalue weighted by Crippen LogP contribution is -2.06. The molecule has 0 spiro atoms. The highest BCUT2D eigenvalue weighted by Crippen LogP contribution is 2.62. The monoisotopic (exact) mass is 150 g/mol. The summed E-state index contributed by atoms with van der Waals surface area (Å²) in [5.74, 6) is 1.70. The predicted molar refractivity (Wildman–Crippen MR) is 44.1 cm³/mol. The number of carbonyl (C=O) groups is 1. The number of fused-ring (bicyclic) bond motifs is 1. The van der Waals surface area contributed by atoms with Gasteiger partial charge in [0.05, 0.1) is 0 Å². The van der Waals surface area contributed by atoms with Crippen LogP contribution in [0.25, 0.3) is 0 Å². The molecule has 0 aliphatic heterocycles. The Morgan fingerprint density at radius 2 is 2.18 bits per heavy atom. The van der Waals surface area contributed by atoms with Crippen LogP contribution in [-0.4, -0.2) is 5.78 Å². The molecule has 0 aromatic carbocycles. The summed E-state index contributed by atoms with van der Waals surface area (Å²) in [4.78, 5) is 11.3. The van der Waals surface area contributed by atoms with Gasteiger partial charge in [-0.1, -0.05) is 19.9 Å². The zero-order valence-corrected chi connectivity index (χ0v) is 7.35. The first-order valence-electron chi connectivity index (χ1n) is 4.25. The summed E-state index contributed by atoms with van der Waals surface area (Å²) >= 11 is 0. The van der Waals surface area contributed by atoms with E-state index in [0.29, 0.717) is 23.0 Å². The molecule has 1 nitrogen and oxygen atoms in total. The molecule has 0 radical (unpaired) electrons. The fourth-order valence-electron chi connectivity index (χ4n) is 2.23. The van der Waals surface area contributed by atoms with E-state index in [1.54, 1.807) is 0 Å². The lowest BCUT2D eigenvalue weighted by molar-refractivity contribution is -0.116. The first kappa shape index (κ1) is 7.08. The predicted octanol–water partition coefficient (Wildman–Crippen LogP) is 2.18. The summed E-state index contributed by atoms with van der Waals surface area (Å²) in [5.41, 5.74) is 1.39. The largest absolute Gasteiger partial charge is 0.295 e. The molecule has 0 amide bonds. The Bertz CT molecular complexity index is 248. The van der Waals surface area contributed by atoms with Gasteiger partial charge in [0.1, 0.15) is 0 Å². The van der Waals surface area contributed by atoms with Crippen LogP contribution in [0.3, 0.4) is 0 Å². The van der Waals surface area contributed by atoms with Crippen LogP contribution in [0, 0.1) is 17.3 Å². The second kappa shape index (κ2) is 1.77. The van der Waals surface area contributed by atoms with Crippen molar-refractivity contribution < 1.29 is 4.79 Å². The van der Waals surface area contributed by atoms with E-state index in [1.165, 1.54) is 0 Å². The molecule has 2 rings (SSSR count). The standard InChI is InChI=1S/C10H14O/c1-6-4-7-8(5-9(6)11)10(7,2)3/h4,7-8H,5H2,1-3H3/t7-,8+/m0/s1. The van der Waals surface area contributed by atoms with Crippen LogP contribution < -0.4 is 0 Å². The summed E-state index contributed by atoms with van der Waals surface area (Å²) in [6.45, 7) is 6.45. The van der Waals surface area contributed by atoms with E-state index in [9.17, 15) is 4.79 Å². The highest BCUT2D eigenvalue weighted by Gasteiger charge is 2.58. The van der Waals surface area contributed by atoms with Gasteiger partial charge in [-0.2, -0.15) is 0 Å². The van der Waals surface area contributed by atoms with E-state index >= 15 is 0 Å². The first-order chi connectivity index (χ1) is 5.03. The Morgan fingerprint density at radius 3 is 2.73 bits per heavy atom. The Morgan fingerprint density at radius 1 is 1.55 bits per heavy atom. The van der Waals surface area contributed by atoms with Gasteiger partial charge >= 0.3 is 0 Å². The van der Waals surface area contributed by atoms with Gasteiger partial charge in [-0.15, -0.1) is 0 Å². The number of carbonyl (C=O) groups excluding carboxylic acids is 1. The van der Waals surface area contributed by atoms with Crippen molar-refractivity contribution in [2.45, 2.75) is 27.2 Å². The van der Waals surface area contributed by atoms with Gasteiger partial charge in [0.2, 0.25) is 0 Å². The van der Waals surface area contributed by atoms with E-state index in [-0.39, 0.29) is 0 Å². The molecule has 2 aliphatic rings. The molecule has 1 heteroatoms. The Balaban J connectivity index is 2.28. The molecule has 0 aromatic heterocycles. The van der Waals surface area contributed by atoms with Crippen molar-refractivity contribution in [3.05, 3.63) is 11.6 Å². The maximum Gasteiger partial charge on any atom is 0.158 e. The highest BCUT2D eigenvalue weighted by molar-refractivity contribution is 5.96. The average molecular weight is 150 g/mol. The number of rotatable bonds is 0. The second-order valence-corrected chi connectivity index (χ2v) is 4.43. The summed E-state index contributed by atoms with van der Waals surface area (Å²) in [6.07, 6.45) is 2.95. The van der Waals surface area contributed by atoms with Crippen LogP contribution in [0.5, 0.6) is 0 Å². The molecule has 0 unspecified atom stereocenters. The van der Waals surface area contributed by atoms with Crippen molar-refractivity contribution in [2.24, 2.45) is 17.3 Å². The molecule has 1 saturated carbocycles. The third-order valence-electron chi connectivity index (χ3n) is 3.41. The molecule has 0 saturated heterocycles. The molecule has 0 aromatic rings. The van der Waals surface area contributed by atoms with Gasteiger partial charge in [-0.25, -0.2) is 0 Å². The van der Waals surface area contributed by atoms with Crippen LogP contribution in [0.15, 0.2) is 11.6 Å². The van der Waals surface area contributed by atoms with Gasteiger partial charge in [-0.3, -0.25) is 4.79 Å². The van der Waals surface area contributed by atoms with Gasteiger partial charge in [0, 0.05) is 6.42 Å². The summed E-state index contributed by atoms with van der Waals surface area (Å²) in [6, 6.07) is 0. The van der Waals surface area contributed by atoms with Gasteiger partial charge < -0.3 is 0 Å². The highest BCUT2D eigenvalue weighted by atomic mass is 16.1. The molecular weight excluding hydrogens is 136 g/mol. The molecule has 2 aliphatic carbocycles. The van der Waals surface area contributed by atoms with Crippen molar-refractivity contribution in [3.8, 4) is 0 Å². The van der Waals surface area contributed by atoms with Crippen molar-refractivity contribution in [2.75, 3.05) is 0 Å². The van der Waals surface area contributed by atoms with Crippen LogP contribution in [0.4, 0.5) is 0 Å². The fourth-order valence-corrected chi connectivity index (χ4v) is 2.23. The molecule has 11 heavy (non-hydrogen) atoms. The lowest BCUT2D eigenvalue weighted by Gasteiger charge is -2.04. The zero-order chi connectivity index (χ0) is 8.22. The second-order valence-electron chi connectivity index (χ2n) is 4.43. The third-order valence-corrected chi connectivity index (χ3v) is 3.41. The Hall–Kier alpha value is -0.590. The van der Waals surface area contributed by atoms with Crippen LogP contribution in [0.1, 0.15) is 27.2 Å². The number of allylic oxidation sites excluding steroid dienone is 2. The van der Waals surface area contributed by atoms with Crippen molar-refractivity contribution >= 4 is 5.78 Å². The molecular formula is C10H14O. The van der Waals surface area contributed by atoms with E-state index in [2.05, 4.69) is 19.9 Å². The summed E-state index contributed by atoms with van der Waals surface area (Å²) < 4.78 is 0. The van der Waals surface area contributed by atoms with E-state index < -0.39 is 0 Å². The lowest BCUT2D eigenvalue weighted by atomic mass is 10.00. The Labute approximate surface area is 67.5 Å². The first-order valence-corrected chi connectivity index (χ1v) is 4.25. The number of Topliss-reactive ketones (excluding diaryl/α,β-unsaturated/α-hetero) is 1. The van der Waals surface area contributed by atoms with Crippen molar-refractivity contribution in [1.82, 2.24) is 0 Å². The minimum atomic E-state index is 0.358. The number of hydrogen-bond donors (Lipinski definition) is 0. The maximum atomic E-state index is 11.3. The third kappa shape index (κ3) is 0.800. The molecule has 0 heterocycles. The van der Waals surface area contributed by atoms with Crippen molar-refractivity contribution in [1.29, 1.82) is 0 Å².